The van der Waals surface area contributed by atoms with E-state index in [1.54, 1.807) is 12.1 Å². The highest BCUT2D eigenvalue weighted by Gasteiger charge is 2.30. The first-order valence-corrected chi connectivity index (χ1v) is 6.98. The number of carbonyl (C=O) groups is 2. The molecule has 0 radical (unpaired) electrons. The molecule has 1 fully saturated rings. The van der Waals surface area contributed by atoms with E-state index in [4.69, 9.17) is 5.11 Å². The number of hydrogen-bond acceptors (Lipinski definition) is 5. The molecule has 114 valence electrons. The van der Waals surface area contributed by atoms with Crippen LogP contribution in [0.5, 0.6) is 0 Å². The van der Waals surface area contributed by atoms with E-state index < -0.39 is 5.97 Å². The SMILES string of the molecule is O=C(N[C@H]1CC[C@@H](C(=O)O)C1)c1ccc(-n2cncn2)nc1. The molecule has 0 saturated heterocycles. The van der Waals surface area contributed by atoms with Crippen molar-refractivity contribution in [2.24, 2.45) is 5.92 Å². The second-order valence-electron chi connectivity index (χ2n) is 5.26. The number of pyridine rings is 1. The van der Waals surface area contributed by atoms with Crippen molar-refractivity contribution in [1.82, 2.24) is 25.1 Å². The maximum Gasteiger partial charge on any atom is 0.306 e. The van der Waals surface area contributed by atoms with Crippen molar-refractivity contribution < 1.29 is 14.7 Å². The molecule has 8 nitrogen and oxygen atoms in total. The number of carboxylic acids is 1. The summed E-state index contributed by atoms with van der Waals surface area (Å²) in [6.07, 6.45) is 6.16. The van der Waals surface area contributed by atoms with Crippen LogP contribution in [0, 0.1) is 5.92 Å². The van der Waals surface area contributed by atoms with Crippen LogP contribution < -0.4 is 5.32 Å². The van der Waals surface area contributed by atoms with Gasteiger partial charge in [0, 0.05) is 12.2 Å². The molecule has 0 unspecified atom stereocenters. The highest BCUT2D eigenvalue weighted by Crippen LogP contribution is 2.25. The van der Waals surface area contributed by atoms with Gasteiger partial charge in [-0.05, 0) is 31.4 Å². The van der Waals surface area contributed by atoms with Crippen LogP contribution >= 0.6 is 0 Å². The molecule has 0 aromatic carbocycles. The summed E-state index contributed by atoms with van der Waals surface area (Å²) in [5, 5.41) is 15.8. The number of nitrogens with zero attached hydrogens (tertiary/aromatic N) is 4. The predicted octanol–water partition coefficient (Wildman–Crippen LogP) is 0.645. The number of amides is 1. The topological polar surface area (TPSA) is 110 Å². The summed E-state index contributed by atoms with van der Waals surface area (Å²) < 4.78 is 1.50. The van der Waals surface area contributed by atoms with Crippen molar-refractivity contribution in [3.05, 3.63) is 36.5 Å². The smallest absolute Gasteiger partial charge is 0.306 e. The molecule has 0 spiro atoms. The molecule has 3 rings (SSSR count). The first kappa shape index (κ1) is 14.2. The Bertz CT molecular complexity index is 668. The van der Waals surface area contributed by atoms with Crippen molar-refractivity contribution >= 4 is 11.9 Å². The molecule has 0 aliphatic heterocycles. The minimum Gasteiger partial charge on any atom is -0.481 e. The molecule has 2 aromatic heterocycles. The molecule has 8 heteroatoms. The van der Waals surface area contributed by atoms with E-state index in [1.807, 2.05) is 0 Å². The van der Waals surface area contributed by atoms with Crippen molar-refractivity contribution in [1.29, 1.82) is 0 Å². The molecule has 1 aliphatic carbocycles. The maximum atomic E-state index is 12.1. The fraction of sp³-hybridized carbons (Fsp3) is 0.357. The zero-order chi connectivity index (χ0) is 15.5. The van der Waals surface area contributed by atoms with Crippen LogP contribution in [0.1, 0.15) is 29.6 Å². The summed E-state index contributed by atoms with van der Waals surface area (Å²) in [7, 11) is 0. The summed E-state index contributed by atoms with van der Waals surface area (Å²) in [6, 6.07) is 3.24. The van der Waals surface area contributed by atoms with Gasteiger partial charge in [0.25, 0.3) is 5.91 Å². The Balaban J connectivity index is 1.62. The van der Waals surface area contributed by atoms with Crippen molar-refractivity contribution in [3.8, 4) is 5.82 Å². The van der Waals surface area contributed by atoms with Crippen LogP contribution in [-0.2, 0) is 4.79 Å². The number of hydrogen-bond donors (Lipinski definition) is 2. The van der Waals surface area contributed by atoms with Crippen molar-refractivity contribution in [3.63, 3.8) is 0 Å². The van der Waals surface area contributed by atoms with E-state index in [1.165, 1.54) is 23.5 Å². The third-order valence-corrected chi connectivity index (χ3v) is 3.78. The van der Waals surface area contributed by atoms with Crippen molar-refractivity contribution in [2.75, 3.05) is 0 Å². The minimum atomic E-state index is -0.796. The average molecular weight is 301 g/mol. The number of nitrogens with one attached hydrogen (secondary N) is 1. The number of aliphatic carboxylic acids is 1. The van der Waals surface area contributed by atoms with E-state index >= 15 is 0 Å². The summed E-state index contributed by atoms with van der Waals surface area (Å²) in [5.41, 5.74) is 0.433. The van der Waals surface area contributed by atoms with Gasteiger partial charge in [-0.15, -0.1) is 0 Å². The molecule has 1 aliphatic rings. The third kappa shape index (κ3) is 2.95. The van der Waals surface area contributed by atoms with Gasteiger partial charge < -0.3 is 10.4 Å². The zero-order valence-corrected chi connectivity index (χ0v) is 11.7. The van der Waals surface area contributed by atoms with Crippen LogP contribution in [0.25, 0.3) is 5.82 Å². The Morgan fingerprint density at radius 1 is 1.32 bits per heavy atom. The lowest BCUT2D eigenvalue weighted by molar-refractivity contribution is -0.141. The second-order valence-corrected chi connectivity index (χ2v) is 5.26. The van der Waals surface area contributed by atoms with Gasteiger partial charge in [-0.2, -0.15) is 5.10 Å². The molecular weight excluding hydrogens is 286 g/mol. The van der Waals surface area contributed by atoms with E-state index in [0.29, 0.717) is 30.6 Å². The van der Waals surface area contributed by atoms with E-state index in [9.17, 15) is 9.59 Å². The second kappa shape index (κ2) is 5.92. The lowest BCUT2D eigenvalue weighted by Crippen LogP contribution is -2.33. The molecule has 22 heavy (non-hydrogen) atoms. The minimum absolute atomic E-state index is 0.0939. The molecule has 2 atom stereocenters. The summed E-state index contributed by atoms with van der Waals surface area (Å²) in [6.45, 7) is 0. The van der Waals surface area contributed by atoms with Crippen LogP contribution in [0.4, 0.5) is 0 Å². The van der Waals surface area contributed by atoms with Crippen LogP contribution in [0.2, 0.25) is 0 Å². The van der Waals surface area contributed by atoms with Gasteiger partial charge in [0.2, 0.25) is 0 Å². The lowest BCUT2D eigenvalue weighted by Gasteiger charge is -2.12. The lowest BCUT2D eigenvalue weighted by atomic mass is 10.1. The molecule has 2 N–H and O–H groups in total. The van der Waals surface area contributed by atoms with E-state index in [0.717, 1.165) is 0 Å². The Morgan fingerprint density at radius 2 is 2.18 bits per heavy atom. The highest BCUT2D eigenvalue weighted by molar-refractivity contribution is 5.94. The standard InChI is InChI=1S/C14H15N5O3/c20-13(18-11-3-1-9(5-11)14(21)22)10-2-4-12(16-6-10)19-8-15-7-17-19/h2,4,6-9,11H,1,3,5H2,(H,18,20)(H,21,22)/t9-,11+/m1/s1. The highest BCUT2D eigenvalue weighted by atomic mass is 16.4. The van der Waals surface area contributed by atoms with Gasteiger partial charge in [-0.1, -0.05) is 0 Å². The fourth-order valence-electron chi connectivity index (χ4n) is 2.59. The normalized spacial score (nSPS) is 20.7. The van der Waals surface area contributed by atoms with Gasteiger partial charge >= 0.3 is 5.97 Å². The van der Waals surface area contributed by atoms with Crippen LogP contribution in [0.15, 0.2) is 31.0 Å². The Kier molecular flexibility index (Phi) is 3.82. The number of rotatable bonds is 4. The van der Waals surface area contributed by atoms with Gasteiger partial charge in [0.1, 0.15) is 12.7 Å². The Labute approximate surface area is 126 Å². The maximum absolute atomic E-state index is 12.1. The van der Waals surface area contributed by atoms with E-state index in [2.05, 4.69) is 20.4 Å². The average Bonchev–Trinajstić information content (AvgIpc) is 3.19. The number of carbonyl (C=O) groups excluding carboxylic acids is 1. The first-order chi connectivity index (χ1) is 10.6. The molecule has 2 heterocycles. The molecular formula is C14H15N5O3. The first-order valence-electron chi connectivity index (χ1n) is 6.98. The molecule has 0 bridgehead atoms. The van der Waals surface area contributed by atoms with Crippen LogP contribution in [-0.4, -0.2) is 42.8 Å². The number of aromatic nitrogens is 4. The number of carboxylic acid groups (broad SMARTS) is 1. The van der Waals surface area contributed by atoms with Gasteiger partial charge in [0.05, 0.1) is 11.5 Å². The van der Waals surface area contributed by atoms with Crippen LogP contribution in [0.3, 0.4) is 0 Å². The fourth-order valence-corrected chi connectivity index (χ4v) is 2.59. The van der Waals surface area contributed by atoms with Gasteiger partial charge in [-0.25, -0.2) is 14.6 Å². The summed E-state index contributed by atoms with van der Waals surface area (Å²) >= 11 is 0. The quantitative estimate of drug-likeness (QED) is 0.857. The zero-order valence-electron chi connectivity index (χ0n) is 11.7. The Hall–Kier alpha value is -2.77. The molecule has 2 aromatic rings. The summed E-state index contributed by atoms with van der Waals surface area (Å²) in [5.74, 6) is -0.830. The third-order valence-electron chi connectivity index (χ3n) is 3.78. The van der Waals surface area contributed by atoms with Crippen molar-refractivity contribution in [2.45, 2.75) is 25.3 Å². The van der Waals surface area contributed by atoms with Gasteiger partial charge in [0.15, 0.2) is 5.82 Å². The van der Waals surface area contributed by atoms with Gasteiger partial charge in [-0.3, -0.25) is 9.59 Å². The summed E-state index contributed by atoms with van der Waals surface area (Å²) in [4.78, 5) is 31.1. The molecule has 1 saturated carbocycles. The molecule has 1 amide bonds. The largest absolute Gasteiger partial charge is 0.481 e. The predicted molar refractivity (Wildman–Crippen MR) is 75.4 cm³/mol. The monoisotopic (exact) mass is 301 g/mol. The Morgan fingerprint density at radius 3 is 2.77 bits per heavy atom. The van der Waals surface area contributed by atoms with E-state index in [-0.39, 0.29) is 17.9 Å².